The van der Waals surface area contributed by atoms with Crippen LogP contribution < -0.4 is 11.1 Å². The fourth-order valence-corrected chi connectivity index (χ4v) is 3.30. The molecule has 1 aliphatic rings. The van der Waals surface area contributed by atoms with Gasteiger partial charge < -0.3 is 11.1 Å². The molecule has 4 nitrogen and oxygen atoms in total. The number of hydrogen-bond acceptors (Lipinski definition) is 4. The molecule has 104 valence electrons. The summed E-state index contributed by atoms with van der Waals surface area (Å²) >= 11 is 1.95. The minimum atomic E-state index is 0.0137. The van der Waals surface area contributed by atoms with E-state index in [-0.39, 0.29) is 5.91 Å². The van der Waals surface area contributed by atoms with Crippen molar-refractivity contribution in [2.45, 2.75) is 19.9 Å². The fraction of sp³-hybridized carbons (Fsp3) is 0.500. The number of carbonyl (C=O) groups is 1. The number of thioether (sulfide) groups is 1. The number of aryl methyl sites for hydroxylation is 1. The Bertz CT molecular complexity index is 444. The zero-order valence-corrected chi connectivity index (χ0v) is 12.3. The van der Waals surface area contributed by atoms with Gasteiger partial charge in [-0.3, -0.25) is 9.69 Å². The van der Waals surface area contributed by atoms with Crippen molar-refractivity contribution < 1.29 is 4.79 Å². The number of nitrogen functional groups attached to an aromatic ring is 1. The molecule has 1 saturated heterocycles. The van der Waals surface area contributed by atoms with Crippen molar-refractivity contribution in [1.82, 2.24) is 4.90 Å². The third-order valence-corrected chi connectivity index (χ3v) is 4.61. The van der Waals surface area contributed by atoms with Crippen molar-refractivity contribution >= 4 is 29.0 Å². The van der Waals surface area contributed by atoms with Gasteiger partial charge in [-0.1, -0.05) is 12.1 Å². The molecule has 1 fully saturated rings. The van der Waals surface area contributed by atoms with E-state index in [0.29, 0.717) is 18.3 Å². The van der Waals surface area contributed by atoms with Crippen LogP contribution in [0.15, 0.2) is 18.2 Å². The van der Waals surface area contributed by atoms with E-state index in [1.807, 2.05) is 36.9 Å². The molecule has 2 rings (SSSR count). The highest BCUT2D eigenvalue weighted by Crippen LogP contribution is 2.22. The molecule has 1 atom stereocenters. The molecule has 1 heterocycles. The number of nitrogens with zero attached hydrogens (tertiary/aromatic N) is 1. The highest BCUT2D eigenvalue weighted by molar-refractivity contribution is 7.99. The first kappa shape index (κ1) is 14.2. The van der Waals surface area contributed by atoms with Crippen LogP contribution in [0, 0.1) is 6.92 Å². The third kappa shape index (κ3) is 3.64. The van der Waals surface area contributed by atoms with E-state index in [1.165, 1.54) is 0 Å². The zero-order chi connectivity index (χ0) is 13.8. The predicted molar refractivity (Wildman–Crippen MR) is 82.6 cm³/mol. The van der Waals surface area contributed by atoms with Gasteiger partial charge >= 0.3 is 0 Å². The molecule has 1 aromatic rings. The maximum atomic E-state index is 12.1. The molecular weight excluding hydrogens is 258 g/mol. The van der Waals surface area contributed by atoms with Crippen LogP contribution in [0.4, 0.5) is 11.4 Å². The molecule has 0 aromatic heterocycles. The number of carbonyl (C=O) groups excluding carboxylic acids is 1. The van der Waals surface area contributed by atoms with Crippen LogP contribution in [-0.2, 0) is 4.79 Å². The lowest BCUT2D eigenvalue weighted by molar-refractivity contribution is -0.117. The van der Waals surface area contributed by atoms with E-state index in [4.69, 9.17) is 5.73 Å². The van der Waals surface area contributed by atoms with E-state index in [0.717, 1.165) is 29.3 Å². The van der Waals surface area contributed by atoms with Gasteiger partial charge in [-0.2, -0.15) is 11.8 Å². The Balaban J connectivity index is 1.97. The average Bonchev–Trinajstić information content (AvgIpc) is 2.37. The van der Waals surface area contributed by atoms with Crippen molar-refractivity contribution in [3.63, 3.8) is 0 Å². The number of benzene rings is 1. The Morgan fingerprint density at radius 3 is 3.05 bits per heavy atom. The minimum Gasteiger partial charge on any atom is -0.397 e. The molecule has 0 radical (unpaired) electrons. The standard InChI is InChI=1S/C14H21N3OS/c1-10-4-3-5-12(15)14(10)16-13(18)8-17-6-7-19-9-11(17)2/h3-5,11H,6-9,15H2,1-2H3,(H,16,18). The van der Waals surface area contributed by atoms with E-state index in [2.05, 4.69) is 17.1 Å². The summed E-state index contributed by atoms with van der Waals surface area (Å²) in [5.41, 5.74) is 8.26. The van der Waals surface area contributed by atoms with Gasteiger partial charge in [0.2, 0.25) is 5.91 Å². The lowest BCUT2D eigenvalue weighted by atomic mass is 10.1. The molecule has 0 aliphatic carbocycles. The first-order valence-corrected chi connectivity index (χ1v) is 7.70. The summed E-state index contributed by atoms with van der Waals surface area (Å²) in [6.45, 7) is 5.53. The highest BCUT2D eigenvalue weighted by atomic mass is 32.2. The van der Waals surface area contributed by atoms with Gasteiger partial charge in [-0.05, 0) is 25.5 Å². The van der Waals surface area contributed by atoms with E-state index >= 15 is 0 Å². The van der Waals surface area contributed by atoms with Gasteiger partial charge in [0.1, 0.15) is 0 Å². The largest absolute Gasteiger partial charge is 0.397 e. The monoisotopic (exact) mass is 279 g/mol. The zero-order valence-electron chi connectivity index (χ0n) is 11.5. The molecule has 1 amide bonds. The molecule has 0 bridgehead atoms. The maximum Gasteiger partial charge on any atom is 0.238 e. The predicted octanol–water partition coefficient (Wildman–Crippen LogP) is 1.95. The van der Waals surface area contributed by atoms with Crippen molar-refractivity contribution in [3.05, 3.63) is 23.8 Å². The molecular formula is C14H21N3OS. The number of anilines is 2. The number of amides is 1. The van der Waals surface area contributed by atoms with Crippen molar-refractivity contribution in [3.8, 4) is 0 Å². The van der Waals surface area contributed by atoms with Crippen molar-refractivity contribution in [2.75, 3.05) is 35.6 Å². The van der Waals surface area contributed by atoms with Crippen molar-refractivity contribution in [1.29, 1.82) is 0 Å². The molecule has 0 spiro atoms. The van der Waals surface area contributed by atoms with Crippen LogP contribution >= 0.6 is 11.8 Å². The van der Waals surface area contributed by atoms with E-state index < -0.39 is 0 Å². The van der Waals surface area contributed by atoms with Crippen molar-refractivity contribution in [2.24, 2.45) is 0 Å². The molecule has 19 heavy (non-hydrogen) atoms. The summed E-state index contributed by atoms with van der Waals surface area (Å²) in [4.78, 5) is 14.3. The molecule has 1 unspecified atom stereocenters. The smallest absolute Gasteiger partial charge is 0.238 e. The van der Waals surface area contributed by atoms with Crippen LogP contribution in [0.25, 0.3) is 0 Å². The van der Waals surface area contributed by atoms with Gasteiger partial charge in [0.05, 0.1) is 17.9 Å². The summed E-state index contributed by atoms with van der Waals surface area (Å²) in [6.07, 6.45) is 0. The molecule has 1 aromatic carbocycles. The second-order valence-corrected chi connectivity index (χ2v) is 6.13. The second kappa shape index (κ2) is 6.30. The average molecular weight is 279 g/mol. The summed E-state index contributed by atoms with van der Waals surface area (Å²) in [6, 6.07) is 6.11. The Morgan fingerprint density at radius 2 is 2.37 bits per heavy atom. The molecule has 1 aliphatic heterocycles. The first-order chi connectivity index (χ1) is 9.08. The second-order valence-electron chi connectivity index (χ2n) is 4.98. The van der Waals surface area contributed by atoms with Gasteiger partial charge in [-0.25, -0.2) is 0 Å². The van der Waals surface area contributed by atoms with Gasteiger partial charge in [-0.15, -0.1) is 0 Å². The summed E-state index contributed by atoms with van der Waals surface area (Å²) < 4.78 is 0. The number of rotatable bonds is 3. The van der Waals surface area contributed by atoms with Gasteiger partial charge in [0, 0.05) is 24.1 Å². The molecule has 5 heteroatoms. The number of hydrogen-bond donors (Lipinski definition) is 2. The Morgan fingerprint density at radius 1 is 1.58 bits per heavy atom. The van der Waals surface area contributed by atoms with Crippen LogP contribution in [-0.4, -0.2) is 41.4 Å². The quantitative estimate of drug-likeness (QED) is 0.830. The third-order valence-electron chi connectivity index (χ3n) is 3.42. The van der Waals surface area contributed by atoms with Crippen LogP contribution in [0.1, 0.15) is 12.5 Å². The van der Waals surface area contributed by atoms with Crippen LogP contribution in [0.2, 0.25) is 0 Å². The van der Waals surface area contributed by atoms with E-state index in [9.17, 15) is 4.79 Å². The SMILES string of the molecule is Cc1cccc(N)c1NC(=O)CN1CCSCC1C. The number of para-hydroxylation sites is 1. The molecule has 0 saturated carbocycles. The summed E-state index contributed by atoms with van der Waals surface area (Å²) in [7, 11) is 0. The number of nitrogens with two attached hydrogens (primary N) is 1. The number of nitrogens with one attached hydrogen (secondary N) is 1. The first-order valence-electron chi connectivity index (χ1n) is 6.54. The highest BCUT2D eigenvalue weighted by Gasteiger charge is 2.21. The lowest BCUT2D eigenvalue weighted by Gasteiger charge is -2.32. The van der Waals surface area contributed by atoms with Crippen LogP contribution in [0.5, 0.6) is 0 Å². The Labute approximate surface area is 118 Å². The fourth-order valence-electron chi connectivity index (χ4n) is 2.22. The Hall–Kier alpha value is -1.20. The van der Waals surface area contributed by atoms with Gasteiger partial charge in [0.15, 0.2) is 0 Å². The van der Waals surface area contributed by atoms with Crippen LogP contribution in [0.3, 0.4) is 0 Å². The Kier molecular flexibility index (Phi) is 4.71. The minimum absolute atomic E-state index is 0.0137. The van der Waals surface area contributed by atoms with E-state index in [1.54, 1.807) is 0 Å². The normalized spacial score (nSPS) is 20.2. The lowest BCUT2D eigenvalue weighted by Crippen LogP contribution is -2.44. The summed E-state index contributed by atoms with van der Waals surface area (Å²) in [5, 5.41) is 2.93. The van der Waals surface area contributed by atoms with Gasteiger partial charge in [0.25, 0.3) is 0 Å². The summed E-state index contributed by atoms with van der Waals surface area (Å²) in [5.74, 6) is 2.21. The molecule has 3 N–H and O–H groups in total. The topological polar surface area (TPSA) is 58.4 Å². The maximum absolute atomic E-state index is 12.1.